The Bertz CT molecular complexity index is 786. The molecule has 6 nitrogen and oxygen atoms in total. The quantitative estimate of drug-likeness (QED) is 0.483. The van der Waals surface area contributed by atoms with E-state index in [2.05, 4.69) is 33.9 Å². The van der Waals surface area contributed by atoms with Crippen molar-refractivity contribution in [3.8, 4) is 0 Å². The predicted octanol–water partition coefficient (Wildman–Crippen LogP) is 5.29. The first kappa shape index (κ1) is 24.8. The summed E-state index contributed by atoms with van der Waals surface area (Å²) in [5, 5.41) is -0.127. The van der Waals surface area contributed by atoms with Gasteiger partial charge in [0.2, 0.25) is 5.91 Å². The first-order valence-corrected chi connectivity index (χ1v) is 14.1. The molecule has 0 unspecified atom stereocenters. The number of thioether (sulfide) groups is 1. The zero-order valence-corrected chi connectivity index (χ0v) is 21.3. The molecule has 168 valence electrons. The average molecular weight is 453 g/mol. The number of hydrogen-bond acceptors (Lipinski definition) is 6. The van der Waals surface area contributed by atoms with E-state index < -0.39 is 26.1 Å². The molecule has 2 N–H and O–H groups in total. The van der Waals surface area contributed by atoms with Gasteiger partial charge in [0.1, 0.15) is 5.60 Å². The highest BCUT2D eigenvalue weighted by Crippen LogP contribution is 2.40. The number of benzene rings is 1. The van der Waals surface area contributed by atoms with Crippen LogP contribution in [-0.2, 0) is 14.0 Å². The van der Waals surface area contributed by atoms with Crippen LogP contribution in [0.3, 0.4) is 0 Å². The molecule has 1 heterocycles. The standard InChI is InChI=1S/C22H36N2O4SSi/c1-21(2,3)28-20(26)24-16(14-27-30(7,8)22(4,5)6)18(13-19(24)25)29-17-12-10-9-11-15(17)23/h9-12,16,18H,13-14,23H2,1-8H3/t16-,18+/m0/s1. The fourth-order valence-electron chi connectivity index (χ4n) is 2.87. The van der Waals surface area contributed by atoms with E-state index in [9.17, 15) is 9.59 Å². The molecule has 1 aromatic rings. The zero-order chi connectivity index (χ0) is 22.9. The molecule has 1 aromatic carbocycles. The Labute approximate surface area is 186 Å². The summed E-state index contributed by atoms with van der Waals surface area (Å²) in [6.45, 7) is 16.5. The van der Waals surface area contributed by atoms with Gasteiger partial charge in [-0.2, -0.15) is 0 Å². The third kappa shape index (κ3) is 6.01. The molecule has 1 fully saturated rings. The van der Waals surface area contributed by atoms with Crippen molar-refractivity contribution in [2.75, 3.05) is 12.3 Å². The van der Waals surface area contributed by atoms with Crippen LogP contribution in [0.1, 0.15) is 48.0 Å². The lowest BCUT2D eigenvalue weighted by Gasteiger charge is -2.38. The molecule has 1 saturated heterocycles. The first-order chi connectivity index (χ1) is 13.6. The van der Waals surface area contributed by atoms with Gasteiger partial charge in [-0.1, -0.05) is 32.9 Å². The van der Waals surface area contributed by atoms with Gasteiger partial charge < -0.3 is 14.9 Å². The van der Waals surface area contributed by atoms with E-state index >= 15 is 0 Å². The van der Waals surface area contributed by atoms with Gasteiger partial charge in [-0.05, 0) is 51.0 Å². The number of likely N-dealkylation sites (tertiary alicyclic amines) is 1. The largest absolute Gasteiger partial charge is 0.443 e. The molecular formula is C22H36N2O4SSi. The Hall–Kier alpha value is -1.51. The van der Waals surface area contributed by atoms with Gasteiger partial charge in [0.15, 0.2) is 8.32 Å². The molecule has 2 rings (SSSR count). The highest BCUT2D eigenvalue weighted by molar-refractivity contribution is 8.00. The maximum Gasteiger partial charge on any atom is 0.417 e. The number of imide groups is 1. The summed E-state index contributed by atoms with van der Waals surface area (Å²) in [7, 11) is -2.06. The summed E-state index contributed by atoms with van der Waals surface area (Å²) in [5.41, 5.74) is 6.10. The van der Waals surface area contributed by atoms with Crippen LogP contribution in [0.2, 0.25) is 18.1 Å². The summed E-state index contributed by atoms with van der Waals surface area (Å²) in [6, 6.07) is 7.16. The molecule has 0 saturated carbocycles. The summed E-state index contributed by atoms with van der Waals surface area (Å²) in [5.74, 6) is -0.236. The number of para-hydroxylation sites is 1. The number of anilines is 1. The van der Waals surface area contributed by atoms with E-state index in [0.29, 0.717) is 12.3 Å². The van der Waals surface area contributed by atoms with Gasteiger partial charge in [-0.25, -0.2) is 9.69 Å². The molecule has 8 heteroatoms. The molecule has 0 aliphatic carbocycles. The minimum absolute atomic E-state index is 0.0266. The average Bonchev–Trinajstić information content (AvgIpc) is 2.88. The number of nitrogens with two attached hydrogens (primary N) is 1. The van der Waals surface area contributed by atoms with Gasteiger partial charge in [0.25, 0.3) is 0 Å². The van der Waals surface area contributed by atoms with Gasteiger partial charge in [-0.3, -0.25) is 4.79 Å². The maximum atomic E-state index is 12.9. The normalized spacial score (nSPS) is 20.5. The van der Waals surface area contributed by atoms with Crippen LogP contribution < -0.4 is 5.73 Å². The van der Waals surface area contributed by atoms with Crippen molar-refractivity contribution < 1.29 is 18.8 Å². The van der Waals surface area contributed by atoms with Crippen molar-refractivity contribution in [2.45, 2.75) is 87.9 Å². The van der Waals surface area contributed by atoms with Crippen LogP contribution >= 0.6 is 11.8 Å². The van der Waals surface area contributed by atoms with Crippen LogP contribution in [0.25, 0.3) is 0 Å². The van der Waals surface area contributed by atoms with Crippen molar-refractivity contribution in [1.82, 2.24) is 4.90 Å². The second-order valence-corrected chi connectivity index (χ2v) is 16.4. The number of carbonyl (C=O) groups excluding carboxylic acids is 2. The maximum absolute atomic E-state index is 12.9. The number of nitrogen functional groups attached to an aromatic ring is 1. The number of rotatable bonds is 5. The van der Waals surface area contributed by atoms with Crippen LogP contribution in [0.4, 0.5) is 10.5 Å². The van der Waals surface area contributed by atoms with Crippen molar-refractivity contribution in [2.24, 2.45) is 0 Å². The second-order valence-electron chi connectivity index (χ2n) is 10.3. The Morgan fingerprint density at radius 1 is 1.20 bits per heavy atom. The lowest BCUT2D eigenvalue weighted by Crippen LogP contribution is -2.49. The number of ether oxygens (including phenoxy) is 1. The van der Waals surface area contributed by atoms with Gasteiger partial charge >= 0.3 is 6.09 Å². The van der Waals surface area contributed by atoms with Crippen LogP contribution in [0.15, 0.2) is 29.2 Å². The predicted molar refractivity (Wildman–Crippen MR) is 125 cm³/mol. The molecule has 2 amide bonds. The third-order valence-electron chi connectivity index (χ3n) is 5.61. The number of hydrogen-bond donors (Lipinski definition) is 1. The van der Waals surface area contributed by atoms with Crippen molar-refractivity contribution in [1.29, 1.82) is 0 Å². The molecule has 0 bridgehead atoms. The zero-order valence-electron chi connectivity index (χ0n) is 19.4. The highest BCUT2D eigenvalue weighted by atomic mass is 32.2. The molecular weight excluding hydrogens is 416 g/mol. The number of carbonyl (C=O) groups is 2. The third-order valence-corrected chi connectivity index (χ3v) is 11.5. The van der Waals surface area contributed by atoms with E-state index in [1.807, 2.05) is 24.3 Å². The van der Waals surface area contributed by atoms with Crippen molar-refractivity contribution >= 4 is 37.8 Å². The van der Waals surface area contributed by atoms with Gasteiger partial charge in [0, 0.05) is 22.3 Å². The first-order valence-electron chi connectivity index (χ1n) is 10.3. The minimum atomic E-state index is -2.06. The number of amides is 2. The Kier molecular flexibility index (Phi) is 7.36. The number of nitrogens with zero attached hydrogens (tertiary/aromatic N) is 1. The van der Waals surface area contributed by atoms with Gasteiger partial charge in [-0.15, -0.1) is 11.8 Å². The van der Waals surface area contributed by atoms with Gasteiger partial charge in [0.05, 0.1) is 12.6 Å². The molecule has 0 radical (unpaired) electrons. The summed E-state index contributed by atoms with van der Waals surface area (Å²) in [6.07, 6.45) is -0.371. The van der Waals surface area contributed by atoms with Crippen molar-refractivity contribution in [3.05, 3.63) is 24.3 Å². The fraction of sp³-hybridized carbons (Fsp3) is 0.636. The molecule has 0 spiro atoms. The van der Waals surface area contributed by atoms with Crippen LogP contribution in [0, 0.1) is 0 Å². The SMILES string of the molecule is CC(C)(C)OC(=O)N1C(=O)C[C@@H](Sc2ccccc2N)[C@@H]1CO[Si](C)(C)C(C)(C)C. The minimum Gasteiger partial charge on any atom is -0.443 e. The lowest BCUT2D eigenvalue weighted by molar-refractivity contribution is -0.128. The topological polar surface area (TPSA) is 81.9 Å². The summed E-state index contributed by atoms with van der Waals surface area (Å²) in [4.78, 5) is 27.9. The second kappa shape index (κ2) is 8.92. The Morgan fingerprint density at radius 3 is 2.33 bits per heavy atom. The van der Waals surface area contributed by atoms with E-state index in [-0.39, 0.29) is 22.6 Å². The fourth-order valence-corrected chi connectivity index (χ4v) is 5.16. The molecule has 1 aliphatic heterocycles. The summed E-state index contributed by atoms with van der Waals surface area (Å²) < 4.78 is 12.0. The smallest absolute Gasteiger partial charge is 0.417 e. The monoisotopic (exact) mass is 452 g/mol. The summed E-state index contributed by atoms with van der Waals surface area (Å²) >= 11 is 1.53. The van der Waals surface area contributed by atoms with E-state index in [1.165, 1.54) is 16.7 Å². The Morgan fingerprint density at radius 2 is 1.80 bits per heavy atom. The molecule has 2 atom stereocenters. The van der Waals surface area contributed by atoms with E-state index in [0.717, 1.165) is 4.90 Å². The molecule has 30 heavy (non-hydrogen) atoms. The molecule has 0 aromatic heterocycles. The van der Waals surface area contributed by atoms with E-state index in [1.54, 1.807) is 20.8 Å². The highest BCUT2D eigenvalue weighted by Gasteiger charge is 2.47. The van der Waals surface area contributed by atoms with Crippen LogP contribution in [0.5, 0.6) is 0 Å². The van der Waals surface area contributed by atoms with E-state index in [4.69, 9.17) is 14.9 Å². The lowest BCUT2D eigenvalue weighted by atomic mass is 10.2. The van der Waals surface area contributed by atoms with Crippen LogP contribution in [-0.4, -0.2) is 48.7 Å². The molecule has 1 aliphatic rings. The Balaban J connectivity index is 2.30. The van der Waals surface area contributed by atoms with Crippen molar-refractivity contribution in [3.63, 3.8) is 0 Å².